The van der Waals surface area contributed by atoms with Gasteiger partial charge >= 0.3 is 6.18 Å². The Labute approximate surface area is 218 Å². The van der Waals surface area contributed by atoms with Crippen molar-refractivity contribution < 1.29 is 31.3 Å². The molecule has 0 unspecified atom stereocenters. The van der Waals surface area contributed by atoms with Gasteiger partial charge in [-0.2, -0.15) is 13.2 Å². The minimum absolute atomic E-state index is 0.129. The smallest absolute Gasteiger partial charge is 0.420 e. The second kappa shape index (κ2) is 10.1. The number of anilines is 1. The van der Waals surface area contributed by atoms with Crippen molar-refractivity contribution in [1.29, 1.82) is 0 Å². The molecule has 39 heavy (non-hydrogen) atoms. The Hall–Kier alpha value is -4.93. The van der Waals surface area contributed by atoms with E-state index in [4.69, 9.17) is 14.7 Å². The van der Waals surface area contributed by atoms with Crippen molar-refractivity contribution in [3.8, 4) is 22.5 Å². The molecule has 0 aliphatic carbocycles. The van der Waals surface area contributed by atoms with Gasteiger partial charge in [-0.1, -0.05) is 5.16 Å². The van der Waals surface area contributed by atoms with E-state index < -0.39 is 23.5 Å². The first-order chi connectivity index (χ1) is 18.6. The van der Waals surface area contributed by atoms with Gasteiger partial charge in [-0.25, -0.2) is 9.37 Å². The summed E-state index contributed by atoms with van der Waals surface area (Å²) in [6.07, 6.45) is -0.452. The molecule has 7 nitrogen and oxygen atoms in total. The van der Waals surface area contributed by atoms with Gasteiger partial charge in [-0.15, -0.1) is 0 Å². The number of hydrogen-bond donors (Lipinski definition) is 2. The number of carbonyl (C=O) groups is 1. The number of aromatic nitrogens is 2. The van der Waals surface area contributed by atoms with Crippen LogP contribution in [0.1, 0.15) is 22.6 Å². The lowest BCUT2D eigenvalue weighted by molar-refractivity contribution is -0.136. The molecule has 0 aliphatic heterocycles. The Kier molecular flexibility index (Phi) is 6.65. The lowest BCUT2D eigenvalue weighted by atomic mass is 9.96. The molecule has 11 heteroatoms. The SMILES string of the molecule is Cc1noc(-c2ccc(F)cc2)c1-c1cc(C(F)(F)F)c2oc(CNC(=O)C=Cc3ccc(N)nc3)cc2c1. The first-order valence-corrected chi connectivity index (χ1v) is 11.6. The normalized spacial score (nSPS) is 11.9. The standard InChI is InChI=1S/C28H20F4N4O3/c1-15-25(27(39-36-15)17-4-6-20(29)7-5-17)18-10-19-11-21(38-26(19)22(12-18)28(30,31)32)14-35-24(37)9-3-16-2-8-23(33)34-13-16/h2-13H,14H2,1H3,(H2,33,34)(H,35,37). The van der Waals surface area contributed by atoms with Crippen LogP contribution < -0.4 is 11.1 Å². The third-order valence-electron chi connectivity index (χ3n) is 5.90. The zero-order valence-electron chi connectivity index (χ0n) is 20.3. The molecule has 0 aliphatic rings. The van der Waals surface area contributed by atoms with Crippen molar-refractivity contribution in [2.45, 2.75) is 19.6 Å². The van der Waals surface area contributed by atoms with E-state index in [1.54, 1.807) is 19.1 Å². The van der Waals surface area contributed by atoms with E-state index >= 15 is 0 Å². The zero-order valence-corrected chi connectivity index (χ0v) is 20.3. The average molecular weight is 536 g/mol. The number of aryl methyl sites for hydroxylation is 1. The molecular weight excluding hydrogens is 516 g/mol. The fourth-order valence-electron chi connectivity index (χ4n) is 4.08. The van der Waals surface area contributed by atoms with Crippen molar-refractivity contribution in [3.05, 3.63) is 95.3 Å². The molecule has 0 radical (unpaired) electrons. The number of nitrogens with one attached hydrogen (secondary N) is 1. The van der Waals surface area contributed by atoms with Crippen LogP contribution in [0.5, 0.6) is 0 Å². The molecule has 3 aromatic heterocycles. The van der Waals surface area contributed by atoms with E-state index in [-0.39, 0.29) is 34.6 Å². The third-order valence-corrected chi connectivity index (χ3v) is 5.90. The van der Waals surface area contributed by atoms with Crippen molar-refractivity contribution >= 4 is 28.8 Å². The monoisotopic (exact) mass is 536 g/mol. The predicted molar refractivity (Wildman–Crippen MR) is 136 cm³/mol. The minimum atomic E-state index is -4.73. The molecule has 0 spiro atoms. The number of nitrogens with zero attached hydrogens (tertiary/aromatic N) is 2. The number of furan rings is 1. The average Bonchev–Trinajstić information content (AvgIpc) is 3.49. The molecular formula is C28H20F4N4O3. The second-order valence-corrected chi connectivity index (χ2v) is 8.70. The number of hydrogen-bond acceptors (Lipinski definition) is 6. The van der Waals surface area contributed by atoms with Crippen LogP contribution in [0.25, 0.3) is 39.5 Å². The lowest BCUT2D eigenvalue weighted by Gasteiger charge is -2.10. The predicted octanol–water partition coefficient (Wildman–Crippen LogP) is 6.53. The van der Waals surface area contributed by atoms with Crippen LogP contribution in [-0.2, 0) is 17.5 Å². The number of fused-ring (bicyclic) bond motifs is 1. The molecule has 5 rings (SSSR count). The van der Waals surface area contributed by atoms with Crippen LogP contribution in [0.2, 0.25) is 0 Å². The van der Waals surface area contributed by atoms with Gasteiger partial charge in [0.2, 0.25) is 5.91 Å². The maximum Gasteiger partial charge on any atom is 0.420 e. The van der Waals surface area contributed by atoms with E-state index in [9.17, 15) is 22.4 Å². The Balaban J connectivity index is 1.46. The zero-order chi connectivity index (χ0) is 27.7. The van der Waals surface area contributed by atoms with Crippen LogP contribution in [0.15, 0.2) is 75.8 Å². The molecule has 198 valence electrons. The molecule has 0 saturated carbocycles. The van der Waals surface area contributed by atoms with E-state index in [2.05, 4.69) is 15.5 Å². The van der Waals surface area contributed by atoms with Gasteiger partial charge in [0.05, 0.1) is 23.4 Å². The summed E-state index contributed by atoms with van der Waals surface area (Å²) in [5, 5.41) is 6.69. The van der Waals surface area contributed by atoms with Crippen molar-refractivity contribution in [3.63, 3.8) is 0 Å². The summed E-state index contributed by atoms with van der Waals surface area (Å²) < 4.78 is 66.6. The van der Waals surface area contributed by atoms with Crippen LogP contribution in [0, 0.1) is 12.7 Å². The topological polar surface area (TPSA) is 107 Å². The van der Waals surface area contributed by atoms with Crippen molar-refractivity contribution in [1.82, 2.24) is 15.5 Å². The van der Waals surface area contributed by atoms with Gasteiger partial charge < -0.3 is 20.0 Å². The molecule has 5 aromatic rings. The van der Waals surface area contributed by atoms with Gasteiger partial charge in [-0.05, 0) is 78.7 Å². The number of benzene rings is 2. The number of amides is 1. The van der Waals surface area contributed by atoms with E-state index in [1.807, 2.05) is 0 Å². The number of alkyl halides is 3. The first-order valence-electron chi connectivity index (χ1n) is 11.6. The summed E-state index contributed by atoms with van der Waals surface area (Å²) in [6, 6.07) is 12.5. The van der Waals surface area contributed by atoms with Crippen molar-refractivity contribution in [2.24, 2.45) is 0 Å². The Bertz CT molecular complexity index is 1690. The van der Waals surface area contributed by atoms with Crippen molar-refractivity contribution in [2.75, 3.05) is 5.73 Å². The maximum atomic E-state index is 14.1. The van der Waals surface area contributed by atoms with Gasteiger partial charge in [0.1, 0.15) is 23.0 Å². The Morgan fingerprint density at radius 1 is 1.08 bits per heavy atom. The first kappa shape index (κ1) is 25.7. The van der Waals surface area contributed by atoms with Gasteiger partial charge in [0.25, 0.3) is 0 Å². The van der Waals surface area contributed by atoms with Gasteiger partial charge in [0, 0.05) is 23.2 Å². The van der Waals surface area contributed by atoms with E-state index in [0.717, 1.165) is 6.07 Å². The fourth-order valence-corrected chi connectivity index (χ4v) is 4.08. The summed E-state index contributed by atoms with van der Waals surface area (Å²) in [5.74, 6) is -0.265. The molecule has 3 N–H and O–H groups in total. The molecule has 0 saturated heterocycles. The van der Waals surface area contributed by atoms with E-state index in [1.165, 1.54) is 54.7 Å². The fraction of sp³-hybridized carbons (Fsp3) is 0.107. The maximum absolute atomic E-state index is 14.1. The number of pyridine rings is 1. The highest BCUT2D eigenvalue weighted by Gasteiger charge is 2.36. The number of carbonyl (C=O) groups excluding carboxylic acids is 1. The van der Waals surface area contributed by atoms with Gasteiger partial charge in [0.15, 0.2) is 5.76 Å². The van der Waals surface area contributed by atoms with Gasteiger partial charge in [-0.3, -0.25) is 4.79 Å². The molecule has 0 bridgehead atoms. The van der Waals surface area contributed by atoms with Crippen LogP contribution in [0.4, 0.5) is 23.4 Å². The molecule has 0 atom stereocenters. The molecule has 3 heterocycles. The summed E-state index contributed by atoms with van der Waals surface area (Å²) in [5.41, 5.74) is 6.18. The second-order valence-electron chi connectivity index (χ2n) is 8.70. The highest BCUT2D eigenvalue weighted by molar-refractivity contribution is 5.92. The summed E-state index contributed by atoms with van der Waals surface area (Å²) >= 11 is 0. The highest BCUT2D eigenvalue weighted by Crippen LogP contribution is 2.42. The molecule has 2 aromatic carbocycles. The minimum Gasteiger partial charge on any atom is -0.459 e. The van der Waals surface area contributed by atoms with E-state index in [0.29, 0.717) is 28.2 Å². The summed E-state index contributed by atoms with van der Waals surface area (Å²) in [6.45, 7) is 1.46. The third kappa shape index (κ3) is 5.52. The van der Waals surface area contributed by atoms with Crippen LogP contribution in [0.3, 0.4) is 0 Å². The van der Waals surface area contributed by atoms with Crippen LogP contribution >= 0.6 is 0 Å². The summed E-state index contributed by atoms with van der Waals surface area (Å²) in [7, 11) is 0. The van der Waals surface area contributed by atoms with Crippen LogP contribution in [-0.4, -0.2) is 16.0 Å². The quantitative estimate of drug-likeness (QED) is 0.189. The number of halogens is 4. The number of nitrogens with two attached hydrogens (primary N) is 1. The Morgan fingerprint density at radius 3 is 2.54 bits per heavy atom. The highest BCUT2D eigenvalue weighted by atomic mass is 19.4. The largest absolute Gasteiger partial charge is 0.459 e. The number of rotatable bonds is 6. The summed E-state index contributed by atoms with van der Waals surface area (Å²) in [4.78, 5) is 16.2. The molecule has 0 fully saturated rings. The lowest BCUT2D eigenvalue weighted by Crippen LogP contribution is -2.19. The molecule has 1 amide bonds. The Morgan fingerprint density at radius 2 is 1.85 bits per heavy atom. The number of nitrogen functional groups attached to an aromatic ring is 1.